The molecule has 0 aliphatic rings. The van der Waals surface area contributed by atoms with Gasteiger partial charge in [0.25, 0.3) is 20.0 Å². The van der Waals surface area contributed by atoms with Crippen LogP contribution in [0.2, 0.25) is 0 Å². The number of rotatable bonds is 9. The number of carbonyl (C=O) groups excluding carboxylic acids is 1. The molecule has 198 valence electrons. The van der Waals surface area contributed by atoms with Gasteiger partial charge < -0.3 is 4.74 Å². The number of anilines is 2. The van der Waals surface area contributed by atoms with Crippen LogP contribution in [0.3, 0.4) is 0 Å². The van der Waals surface area contributed by atoms with E-state index in [0.717, 1.165) is 15.4 Å². The van der Waals surface area contributed by atoms with E-state index in [-0.39, 0.29) is 27.9 Å². The Bertz CT molecular complexity index is 1690. The van der Waals surface area contributed by atoms with E-state index < -0.39 is 32.6 Å². The number of aryl methyl sites for hydroxylation is 2. The number of ether oxygens (including phenoxy) is 1. The number of hydrogen-bond donors (Lipinski definition) is 1. The Balaban J connectivity index is 1.84. The van der Waals surface area contributed by atoms with Gasteiger partial charge in [0.2, 0.25) is 0 Å². The van der Waals surface area contributed by atoms with E-state index >= 15 is 0 Å². The lowest BCUT2D eigenvalue weighted by molar-refractivity contribution is -0.141. The lowest BCUT2D eigenvalue weighted by atomic mass is 10.1. The number of esters is 1. The third-order valence-electron chi connectivity index (χ3n) is 5.77. The number of benzene rings is 3. The fourth-order valence-corrected chi connectivity index (χ4v) is 6.26. The van der Waals surface area contributed by atoms with Gasteiger partial charge in [-0.25, -0.2) is 26.1 Å². The van der Waals surface area contributed by atoms with Gasteiger partial charge in [0.1, 0.15) is 6.54 Å². The van der Waals surface area contributed by atoms with Crippen LogP contribution in [0.25, 0.3) is 10.8 Å². The third-order valence-corrected chi connectivity index (χ3v) is 8.90. The van der Waals surface area contributed by atoms with Gasteiger partial charge in [-0.15, -0.1) is 0 Å². The zero-order valence-electron chi connectivity index (χ0n) is 21.1. The number of nitrogens with zero attached hydrogens (tertiary/aromatic N) is 2. The smallest absolute Gasteiger partial charge is 0.326 e. The van der Waals surface area contributed by atoms with Crippen molar-refractivity contribution in [3.05, 3.63) is 90.1 Å². The summed E-state index contributed by atoms with van der Waals surface area (Å²) in [4.78, 5) is 16.9. The predicted molar refractivity (Wildman–Crippen MR) is 146 cm³/mol. The first-order chi connectivity index (χ1) is 18.0. The summed E-state index contributed by atoms with van der Waals surface area (Å²) in [5, 5.41) is 0.734. The zero-order valence-corrected chi connectivity index (χ0v) is 22.7. The fourth-order valence-electron chi connectivity index (χ4n) is 3.81. The number of sulfonamides is 2. The van der Waals surface area contributed by atoms with Gasteiger partial charge in [-0.05, 0) is 45.0 Å². The largest absolute Gasteiger partial charge is 0.465 e. The first-order valence-corrected chi connectivity index (χ1v) is 14.7. The Hall–Kier alpha value is -3.96. The van der Waals surface area contributed by atoms with Gasteiger partial charge in [0.15, 0.2) is 5.82 Å². The highest BCUT2D eigenvalue weighted by atomic mass is 32.2. The highest BCUT2D eigenvalue weighted by Crippen LogP contribution is 2.34. The van der Waals surface area contributed by atoms with Crippen molar-refractivity contribution in [2.45, 2.75) is 30.6 Å². The van der Waals surface area contributed by atoms with E-state index in [4.69, 9.17) is 4.74 Å². The van der Waals surface area contributed by atoms with Crippen LogP contribution in [0.1, 0.15) is 18.1 Å². The SMILES string of the molecule is CCOC(=O)CN(c1ncc(NS(=O)(=O)c2ccc(C)cc2)c2ccccc12)S(=O)(=O)c1ccc(C)cc1. The van der Waals surface area contributed by atoms with E-state index in [2.05, 4.69) is 9.71 Å². The van der Waals surface area contributed by atoms with Crippen molar-refractivity contribution < 1.29 is 26.4 Å². The van der Waals surface area contributed by atoms with Crippen LogP contribution in [0.15, 0.2) is 88.8 Å². The number of pyridine rings is 1. The summed E-state index contributed by atoms with van der Waals surface area (Å²) in [5.41, 5.74) is 1.94. The summed E-state index contributed by atoms with van der Waals surface area (Å²) in [5.74, 6) is -0.786. The van der Waals surface area contributed by atoms with Crippen molar-refractivity contribution in [2.75, 3.05) is 22.2 Å². The second kappa shape index (κ2) is 10.8. The summed E-state index contributed by atoms with van der Waals surface area (Å²) >= 11 is 0. The molecule has 0 radical (unpaired) electrons. The van der Waals surface area contributed by atoms with Crippen LogP contribution in [0.4, 0.5) is 11.5 Å². The topological polar surface area (TPSA) is 123 Å². The monoisotopic (exact) mass is 553 g/mol. The first-order valence-electron chi connectivity index (χ1n) is 11.7. The van der Waals surface area contributed by atoms with Crippen molar-refractivity contribution in [1.82, 2.24) is 4.98 Å². The Kier molecular flexibility index (Phi) is 7.70. The molecule has 1 aromatic heterocycles. The molecular weight excluding hydrogens is 526 g/mol. The summed E-state index contributed by atoms with van der Waals surface area (Å²) in [6, 6.07) is 19.2. The molecule has 38 heavy (non-hydrogen) atoms. The van der Waals surface area contributed by atoms with Crippen molar-refractivity contribution in [1.29, 1.82) is 0 Å². The van der Waals surface area contributed by atoms with Crippen LogP contribution in [-0.2, 0) is 29.6 Å². The van der Waals surface area contributed by atoms with Crippen molar-refractivity contribution >= 4 is 48.3 Å². The third kappa shape index (κ3) is 5.63. The van der Waals surface area contributed by atoms with Crippen LogP contribution < -0.4 is 9.03 Å². The molecule has 0 fully saturated rings. The number of fused-ring (bicyclic) bond motifs is 1. The molecule has 4 aromatic rings. The summed E-state index contributed by atoms with van der Waals surface area (Å²) < 4.78 is 62.0. The van der Waals surface area contributed by atoms with E-state index in [1.165, 1.54) is 30.5 Å². The molecule has 0 atom stereocenters. The van der Waals surface area contributed by atoms with Crippen LogP contribution >= 0.6 is 0 Å². The lowest BCUT2D eigenvalue weighted by Gasteiger charge is -2.24. The summed E-state index contributed by atoms with van der Waals surface area (Å²) in [7, 11) is -8.19. The Morgan fingerprint density at radius 1 is 0.842 bits per heavy atom. The molecule has 9 nitrogen and oxygen atoms in total. The van der Waals surface area contributed by atoms with Gasteiger partial charge in [0.05, 0.1) is 28.3 Å². The number of aromatic nitrogens is 1. The molecule has 0 amide bonds. The second-order valence-electron chi connectivity index (χ2n) is 8.59. The quantitative estimate of drug-likeness (QED) is 0.305. The molecule has 1 N–H and O–H groups in total. The average Bonchev–Trinajstić information content (AvgIpc) is 2.88. The summed E-state index contributed by atoms with van der Waals surface area (Å²) in [6.45, 7) is 4.77. The van der Waals surface area contributed by atoms with Gasteiger partial charge in [-0.3, -0.25) is 9.52 Å². The normalized spacial score (nSPS) is 11.8. The molecule has 1 heterocycles. The van der Waals surface area contributed by atoms with Crippen LogP contribution in [-0.4, -0.2) is 40.9 Å². The molecule has 4 rings (SSSR count). The molecule has 0 aliphatic heterocycles. The van der Waals surface area contributed by atoms with E-state index in [1.807, 2.05) is 13.8 Å². The Labute approximate surface area is 222 Å². The van der Waals surface area contributed by atoms with Gasteiger partial charge in [0, 0.05) is 10.8 Å². The Morgan fingerprint density at radius 2 is 1.39 bits per heavy atom. The molecule has 0 spiro atoms. The fraction of sp³-hybridized carbons (Fsp3) is 0.185. The van der Waals surface area contributed by atoms with Crippen LogP contribution in [0.5, 0.6) is 0 Å². The van der Waals surface area contributed by atoms with Gasteiger partial charge >= 0.3 is 5.97 Å². The van der Waals surface area contributed by atoms with E-state index in [9.17, 15) is 21.6 Å². The molecule has 0 saturated heterocycles. The molecular formula is C27H27N3O6S2. The molecule has 0 bridgehead atoms. The second-order valence-corrected chi connectivity index (χ2v) is 12.1. The molecule has 0 unspecified atom stereocenters. The maximum Gasteiger partial charge on any atom is 0.326 e. The van der Waals surface area contributed by atoms with Crippen molar-refractivity contribution in [3.63, 3.8) is 0 Å². The van der Waals surface area contributed by atoms with Gasteiger partial charge in [-0.1, -0.05) is 59.7 Å². The number of nitrogens with one attached hydrogen (secondary N) is 1. The first kappa shape index (κ1) is 27.1. The zero-order chi connectivity index (χ0) is 27.5. The molecule has 11 heteroatoms. The van der Waals surface area contributed by atoms with Crippen LogP contribution in [0, 0.1) is 13.8 Å². The minimum Gasteiger partial charge on any atom is -0.465 e. The predicted octanol–water partition coefficient (Wildman–Crippen LogP) is 4.41. The molecule has 0 saturated carbocycles. The van der Waals surface area contributed by atoms with Crippen molar-refractivity contribution in [3.8, 4) is 0 Å². The number of hydrogen-bond acceptors (Lipinski definition) is 7. The minimum atomic E-state index is -4.24. The standard InChI is InChI=1S/C27H27N3O6S2/c1-4-36-26(31)18-30(38(34,35)22-15-11-20(3)12-16-22)27-24-8-6-5-7-23(24)25(17-28-27)29-37(32,33)21-13-9-19(2)10-14-21/h5-17,29H,4,18H2,1-3H3. The highest BCUT2D eigenvalue weighted by molar-refractivity contribution is 7.93. The van der Waals surface area contributed by atoms with E-state index in [0.29, 0.717) is 10.8 Å². The van der Waals surface area contributed by atoms with Crippen molar-refractivity contribution in [2.24, 2.45) is 0 Å². The lowest BCUT2D eigenvalue weighted by Crippen LogP contribution is -2.37. The molecule has 3 aromatic carbocycles. The van der Waals surface area contributed by atoms with Gasteiger partial charge in [-0.2, -0.15) is 0 Å². The highest BCUT2D eigenvalue weighted by Gasteiger charge is 2.31. The van der Waals surface area contributed by atoms with E-state index in [1.54, 1.807) is 55.5 Å². The minimum absolute atomic E-state index is 0.0255. The summed E-state index contributed by atoms with van der Waals surface area (Å²) in [6.07, 6.45) is 1.24. The maximum absolute atomic E-state index is 13.7. The average molecular weight is 554 g/mol. The maximum atomic E-state index is 13.7. The Morgan fingerprint density at radius 3 is 1.97 bits per heavy atom. The number of carbonyl (C=O) groups is 1. The molecule has 0 aliphatic carbocycles.